The van der Waals surface area contributed by atoms with E-state index in [1.807, 2.05) is 30.8 Å². The van der Waals surface area contributed by atoms with Crippen LogP contribution in [-0.2, 0) is 0 Å². The summed E-state index contributed by atoms with van der Waals surface area (Å²) in [5, 5.41) is 0. The van der Waals surface area contributed by atoms with E-state index in [4.69, 9.17) is 5.73 Å². The number of thioether (sulfide) groups is 2. The molecule has 1 rings (SSSR count). The highest BCUT2D eigenvalue weighted by Crippen LogP contribution is 2.22. The van der Waals surface area contributed by atoms with Crippen molar-refractivity contribution in [2.75, 3.05) is 17.3 Å². The predicted molar refractivity (Wildman–Crippen MR) is 72.7 cm³/mol. The molecule has 16 heavy (non-hydrogen) atoms. The lowest BCUT2D eigenvalue weighted by molar-refractivity contribution is 0.602. The molecule has 1 atom stereocenters. The van der Waals surface area contributed by atoms with Gasteiger partial charge in [0, 0.05) is 22.4 Å². The summed E-state index contributed by atoms with van der Waals surface area (Å²) in [7, 11) is 0. The molecule has 0 spiro atoms. The number of nitrogens with two attached hydrogens (primary N) is 1. The van der Waals surface area contributed by atoms with Crippen LogP contribution in [-0.4, -0.2) is 23.3 Å². The van der Waals surface area contributed by atoms with Gasteiger partial charge >= 0.3 is 0 Å². The normalized spacial score (nSPS) is 12.7. The summed E-state index contributed by atoms with van der Waals surface area (Å²) in [6.07, 6.45) is 1.05. The minimum atomic E-state index is -0.118. The molecule has 0 aliphatic carbocycles. The molecule has 90 valence electrons. The first-order valence-electron chi connectivity index (χ1n) is 5.41. The van der Waals surface area contributed by atoms with E-state index >= 15 is 0 Å². The second-order valence-corrected chi connectivity index (χ2v) is 6.02. The summed E-state index contributed by atoms with van der Waals surface area (Å²) < 4.78 is 13.2. The van der Waals surface area contributed by atoms with E-state index in [1.165, 1.54) is 6.07 Å². The average molecular weight is 259 g/mol. The van der Waals surface area contributed by atoms with Crippen molar-refractivity contribution in [1.29, 1.82) is 0 Å². The summed E-state index contributed by atoms with van der Waals surface area (Å²) in [6, 6.07) is 7.20. The topological polar surface area (TPSA) is 26.0 Å². The first kappa shape index (κ1) is 13.9. The Balaban J connectivity index is 2.10. The van der Waals surface area contributed by atoms with Gasteiger partial charge in [-0.2, -0.15) is 11.8 Å². The Morgan fingerprint density at radius 3 is 2.69 bits per heavy atom. The van der Waals surface area contributed by atoms with E-state index in [1.54, 1.807) is 17.8 Å². The molecule has 0 amide bonds. The molecular formula is C12H18FNS2. The van der Waals surface area contributed by atoms with Gasteiger partial charge in [0.1, 0.15) is 5.82 Å². The highest BCUT2D eigenvalue weighted by molar-refractivity contribution is 8.02. The van der Waals surface area contributed by atoms with E-state index < -0.39 is 0 Å². The summed E-state index contributed by atoms with van der Waals surface area (Å²) in [5.41, 5.74) is 5.65. The van der Waals surface area contributed by atoms with E-state index in [-0.39, 0.29) is 11.9 Å². The maximum absolute atomic E-state index is 13.2. The number of benzene rings is 1. The molecule has 2 N–H and O–H groups in total. The van der Waals surface area contributed by atoms with Gasteiger partial charge in [-0.15, -0.1) is 11.8 Å². The van der Waals surface area contributed by atoms with Crippen LogP contribution >= 0.6 is 23.5 Å². The van der Waals surface area contributed by atoms with Crippen LogP contribution in [0.1, 0.15) is 13.3 Å². The summed E-state index contributed by atoms with van der Waals surface area (Å²) >= 11 is 3.46. The van der Waals surface area contributed by atoms with E-state index in [0.29, 0.717) is 0 Å². The Bertz CT molecular complexity index is 305. The van der Waals surface area contributed by atoms with Crippen LogP contribution in [0.5, 0.6) is 0 Å². The molecule has 0 heterocycles. The third-order valence-corrected chi connectivity index (χ3v) is 4.37. The molecule has 1 unspecified atom stereocenters. The fraction of sp³-hybridized carbons (Fsp3) is 0.500. The Morgan fingerprint density at radius 2 is 2.00 bits per heavy atom. The van der Waals surface area contributed by atoms with Crippen molar-refractivity contribution >= 4 is 23.5 Å². The number of halogens is 1. The zero-order valence-electron chi connectivity index (χ0n) is 9.49. The Kier molecular flexibility index (Phi) is 6.92. The predicted octanol–water partition coefficient (Wildman–Crippen LogP) is 3.39. The standard InChI is InChI=1S/C12H18FNS2/c1-10(14)6-7-15-8-9-16-12-5-3-2-4-11(12)13/h2-5,10H,6-9,14H2,1H3. The zero-order valence-corrected chi connectivity index (χ0v) is 11.1. The summed E-state index contributed by atoms with van der Waals surface area (Å²) in [6.45, 7) is 2.02. The lowest BCUT2D eigenvalue weighted by Gasteiger charge is -2.05. The Hall–Kier alpha value is -0.190. The molecule has 4 heteroatoms. The molecule has 0 aliphatic heterocycles. The maximum Gasteiger partial charge on any atom is 0.136 e. The SMILES string of the molecule is CC(N)CCSCCSc1ccccc1F. The molecule has 0 saturated carbocycles. The molecular weight excluding hydrogens is 241 g/mol. The van der Waals surface area contributed by atoms with Gasteiger partial charge in [-0.3, -0.25) is 0 Å². The van der Waals surface area contributed by atoms with E-state index in [9.17, 15) is 4.39 Å². The van der Waals surface area contributed by atoms with Gasteiger partial charge in [-0.1, -0.05) is 12.1 Å². The van der Waals surface area contributed by atoms with Crippen molar-refractivity contribution in [3.63, 3.8) is 0 Å². The third kappa shape index (κ3) is 5.77. The number of hydrogen-bond acceptors (Lipinski definition) is 3. The summed E-state index contributed by atoms with van der Waals surface area (Å²) in [5.74, 6) is 2.97. The van der Waals surface area contributed by atoms with Crippen molar-refractivity contribution in [2.45, 2.75) is 24.3 Å². The zero-order chi connectivity index (χ0) is 11.8. The van der Waals surface area contributed by atoms with Gasteiger partial charge in [0.2, 0.25) is 0 Å². The van der Waals surface area contributed by atoms with Crippen LogP contribution < -0.4 is 5.73 Å². The Morgan fingerprint density at radius 1 is 1.25 bits per heavy atom. The summed E-state index contributed by atoms with van der Waals surface area (Å²) in [4.78, 5) is 0.746. The molecule has 0 aromatic heterocycles. The molecule has 0 radical (unpaired) electrons. The first-order valence-corrected chi connectivity index (χ1v) is 7.55. The minimum Gasteiger partial charge on any atom is -0.328 e. The maximum atomic E-state index is 13.2. The number of hydrogen-bond donors (Lipinski definition) is 1. The molecule has 0 aliphatic rings. The van der Waals surface area contributed by atoms with E-state index in [0.717, 1.165) is 28.6 Å². The van der Waals surface area contributed by atoms with E-state index in [2.05, 4.69) is 0 Å². The van der Waals surface area contributed by atoms with Crippen molar-refractivity contribution in [3.8, 4) is 0 Å². The van der Waals surface area contributed by atoms with Gasteiger partial charge in [0.25, 0.3) is 0 Å². The number of rotatable bonds is 7. The molecule has 0 bridgehead atoms. The molecule has 0 saturated heterocycles. The van der Waals surface area contributed by atoms with Crippen LogP contribution in [0.2, 0.25) is 0 Å². The van der Waals surface area contributed by atoms with Gasteiger partial charge < -0.3 is 5.73 Å². The molecule has 0 fully saturated rings. The highest BCUT2D eigenvalue weighted by atomic mass is 32.2. The van der Waals surface area contributed by atoms with Crippen molar-refractivity contribution in [2.24, 2.45) is 5.73 Å². The van der Waals surface area contributed by atoms with Crippen LogP contribution in [0.15, 0.2) is 29.2 Å². The van der Waals surface area contributed by atoms with Gasteiger partial charge in [0.15, 0.2) is 0 Å². The lowest BCUT2D eigenvalue weighted by Crippen LogP contribution is -2.15. The molecule has 1 aromatic rings. The quantitative estimate of drug-likeness (QED) is 0.600. The van der Waals surface area contributed by atoms with Crippen molar-refractivity contribution in [3.05, 3.63) is 30.1 Å². The largest absolute Gasteiger partial charge is 0.328 e. The second-order valence-electron chi connectivity index (χ2n) is 3.66. The van der Waals surface area contributed by atoms with Crippen molar-refractivity contribution < 1.29 is 4.39 Å². The first-order chi connectivity index (χ1) is 7.70. The van der Waals surface area contributed by atoms with Crippen LogP contribution in [0, 0.1) is 5.82 Å². The molecule has 1 nitrogen and oxygen atoms in total. The van der Waals surface area contributed by atoms with Gasteiger partial charge in [-0.05, 0) is 31.2 Å². The highest BCUT2D eigenvalue weighted by Gasteiger charge is 2.00. The fourth-order valence-corrected chi connectivity index (χ4v) is 3.29. The third-order valence-electron chi connectivity index (χ3n) is 2.04. The fourth-order valence-electron chi connectivity index (χ4n) is 1.14. The second kappa shape index (κ2) is 7.98. The Labute approximate surface area is 105 Å². The monoisotopic (exact) mass is 259 g/mol. The minimum absolute atomic E-state index is 0.118. The van der Waals surface area contributed by atoms with Crippen LogP contribution in [0.25, 0.3) is 0 Å². The smallest absolute Gasteiger partial charge is 0.136 e. The van der Waals surface area contributed by atoms with Crippen molar-refractivity contribution in [1.82, 2.24) is 0 Å². The lowest BCUT2D eigenvalue weighted by atomic mass is 10.3. The van der Waals surface area contributed by atoms with Crippen LogP contribution in [0.3, 0.4) is 0 Å². The molecule has 1 aromatic carbocycles. The van der Waals surface area contributed by atoms with Gasteiger partial charge in [0.05, 0.1) is 0 Å². The van der Waals surface area contributed by atoms with Gasteiger partial charge in [-0.25, -0.2) is 4.39 Å². The van der Waals surface area contributed by atoms with Crippen LogP contribution in [0.4, 0.5) is 4.39 Å². The average Bonchev–Trinajstić information content (AvgIpc) is 2.25.